The highest BCUT2D eigenvalue weighted by Crippen LogP contribution is 2.47. The van der Waals surface area contributed by atoms with E-state index in [2.05, 4.69) is 10.2 Å². The Morgan fingerprint density at radius 2 is 1.21 bits per heavy atom. The van der Waals surface area contributed by atoms with Crippen molar-refractivity contribution >= 4 is 22.9 Å². The molecule has 0 saturated heterocycles. The van der Waals surface area contributed by atoms with E-state index in [1.54, 1.807) is 30.3 Å². The molecule has 0 atom stereocenters. The number of azo groups is 1. The van der Waals surface area contributed by atoms with Gasteiger partial charge in [0.1, 0.15) is 0 Å². The van der Waals surface area contributed by atoms with E-state index in [1.165, 1.54) is 12.1 Å². The molecule has 0 aliphatic carbocycles. The predicted octanol–water partition coefficient (Wildman–Crippen LogP) is 6.08. The Balaban J connectivity index is 2.09. The molecule has 0 radical (unpaired) electrons. The number of rotatable bonds is 7. The Morgan fingerprint density at radius 1 is 0.724 bits per heavy atom. The van der Waals surface area contributed by atoms with Crippen LogP contribution in [0.1, 0.15) is 16.8 Å². The first-order valence-electron chi connectivity index (χ1n) is 7.82. The summed E-state index contributed by atoms with van der Waals surface area (Å²) in [6, 6.07) is 13.1. The molecule has 0 aliphatic rings. The lowest BCUT2D eigenvalue weighted by Gasteiger charge is -2.26. The van der Waals surface area contributed by atoms with Gasteiger partial charge in [-0.1, -0.05) is 18.2 Å². The van der Waals surface area contributed by atoms with E-state index in [0.717, 1.165) is 12.1 Å². The van der Waals surface area contributed by atoms with Crippen LogP contribution in [0.3, 0.4) is 0 Å². The first kappa shape index (κ1) is 22.2. The highest BCUT2D eigenvalue weighted by Gasteiger charge is 2.75. The number of ketones is 2. The largest absolute Gasteiger partial charge is 0.460 e. The number of benzene rings is 2. The van der Waals surface area contributed by atoms with Crippen LogP contribution in [0.4, 0.5) is 42.1 Å². The fourth-order valence-corrected chi connectivity index (χ4v) is 2.04. The van der Waals surface area contributed by atoms with Crippen molar-refractivity contribution in [3.05, 3.63) is 60.2 Å². The molecular weight excluding hydrogens is 409 g/mol. The second-order valence-corrected chi connectivity index (χ2v) is 5.75. The zero-order valence-corrected chi connectivity index (χ0v) is 14.3. The van der Waals surface area contributed by atoms with E-state index in [0.29, 0.717) is 5.69 Å². The molecule has 29 heavy (non-hydrogen) atoms. The van der Waals surface area contributed by atoms with E-state index in [9.17, 15) is 40.3 Å². The molecule has 0 amide bonds. The molecule has 0 fully saturated rings. The Hall–Kier alpha value is -3.11. The third-order valence-corrected chi connectivity index (χ3v) is 3.65. The van der Waals surface area contributed by atoms with Crippen LogP contribution in [0.25, 0.3) is 0 Å². The van der Waals surface area contributed by atoms with Crippen LogP contribution < -0.4 is 0 Å². The number of carbonyl (C=O) groups excluding carboxylic acids is 2. The van der Waals surface area contributed by atoms with Gasteiger partial charge in [-0.05, 0) is 36.4 Å². The second kappa shape index (κ2) is 8.10. The van der Waals surface area contributed by atoms with Crippen LogP contribution in [0.5, 0.6) is 0 Å². The number of hydrogen-bond donors (Lipinski definition) is 0. The third kappa shape index (κ3) is 4.84. The van der Waals surface area contributed by atoms with Gasteiger partial charge in [0.05, 0.1) is 17.8 Å². The summed E-state index contributed by atoms with van der Waals surface area (Å²) < 4.78 is 88.6. The standard InChI is InChI=1S/C18H11F7N2O2/c19-16(20,17(21,22)18(23,24)25)15(29)10-14(28)11-6-8-13(9-7-11)27-26-12-4-2-1-3-5-12/h1-9H,10H2. The Labute approximate surface area is 159 Å². The van der Waals surface area contributed by atoms with Crippen LogP contribution in [0.2, 0.25) is 0 Å². The highest BCUT2D eigenvalue weighted by atomic mass is 19.4. The maximum Gasteiger partial charge on any atom is 0.460 e. The Bertz CT molecular complexity index is 908. The van der Waals surface area contributed by atoms with Gasteiger partial charge >= 0.3 is 18.0 Å². The van der Waals surface area contributed by atoms with Crippen molar-refractivity contribution in [3.63, 3.8) is 0 Å². The highest BCUT2D eigenvalue weighted by molar-refractivity contribution is 6.10. The minimum absolute atomic E-state index is 0.241. The van der Waals surface area contributed by atoms with Gasteiger partial charge in [-0.25, -0.2) is 0 Å². The molecular formula is C18H11F7N2O2. The first-order valence-corrected chi connectivity index (χ1v) is 7.82. The number of hydrogen-bond acceptors (Lipinski definition) is 4. The maximum atomic E-state index is 13.3. The summed E-state index contributed by atoms with van der Waals surface area (Å²) in [6.45, 7) is 0. The molecule has 0 N–H and O–H groups in total. The minimum Gasteiger partial charge on any atom is -0.294 e. The molecule has 2 aromatic rings. The zero-order chi connectivity index (χ0) is 21.9. The van der Waals surface area contributed by atoms with Gasteiger partial charge in [0.2, 0.25) is 5.78 Å². The average Bonchev–Trinajstić information content (AvgIpc) is 2.66. The van der Waals surface area contributed by atoms with Crippen molar-refractivity contribution in [3.8, 4) is 0 Å². The van der Waals surface area contributed by atoms with Crippen molar-refractivity contribution in [1.82, 2.24) is 0 Å². The molecule has 0 unspecified atom stereocenters. The van der Waals surface area contributed by atoms with Gasteiger partial charge in [0.15, 0.2) is 5.78 Å². The fraction of sp³-hybridized carbons (Fsp3) is 0.222. The van der Waals surface area contributed by atoms with Crippen molar-refractivity contribution < 1.29 is 40.3 Å². The Kier molecular flexibility index (Phi) is 6.19. The van der Waals surface area contributed by atoms with Crippen LogP contribution in [0.15, 0.2) is 64.8 Å². The number of nitrogens with zero attached hydrogens (tertiary/aromatic N) is 2. The van der Waals surface area contributed by atoms with Crippen molar-refractivity contribution in [2.24, 2.45) is 10.2 Å². The molecule has 0 spiro atoms. The topological polar surface area (TPSA) is 58.9 Å². The summed E-state index contributed by atoms with van der Waals surface area (Å²) >= 11 is 0. The number of Topliss-reactive ketones (excluding diaryl/α,β-unsaturated/α-hetero) is 2. The fourth-order valence-electron chi connectivity index (χ4n) is 2.04. The van der Waals surface area contributed by atoms with E-state index < -0.39 is 36.0 Å². The van der Waals surface area contributed by atoms with Crippen LogP contribution >= 0.6 is 0 Å². The van der Waals surface area contributed by atoms with E-state index in [1.807, 2.05) is 0 Å². The Morgan fingerprint density at radius 3 is 1.69 bits per heavy atom. The molecule has 0 heterocycles. The molecule has 154 valence electrons. The summed E-state index contributed by atoms with van der Waals surface area (Å²) in [7, 11) is 0. The summed E-state index contributed by atoms with van der Waals surface area (Å²) in [5, 5.41) is 7.72. The number of carbonyl (C=O) groups is 2. The molecule has 4 nitrogen and oxygen atoms in total. The van der Waals surface area contributed by atoms with Crippen LogP contribution in [-0.2, 0) is 4.79 Å². The quantitative estimate of drug-likeness (QED) is 0.236. The lowest BCUT2D eigenvalue weighted by Crippen LogP contribution is -2.56. The summed E-state index contributed by atoms with van der Waals surface area (Å²) in [4.78, 5) is 23.1. The second-order valence-electron chi connectivity index (χ2n) is 5.75. The van der Waals surface area contributed by atoms with Gasteiger partial charge in [-0.2, -0.15) is 41.0 Å². The molecule has 0 aliphatic heterocycles. The number of alkyl halides is 7. The van der Waals surface area contributed by atoms with Gasteiger partial charge in [0, 0.05) is 5.56 Å². The monoisotopic (exact) mass is 420 g/mol. The SMILES string of the molecule is O=C(CC(=O)C(F)(F)C(F)(F)C(F)(F)F)c1ccc(N=Nc2ccccc2)cc1. The van der Waals surface area contributed by atoms with Crippen molar-refractivity contribution in [1.29, 1.82) is 0 Å². The lowest BCUT2D eigenvalue weighted by molar-refractivity contribution is -0.343. The average molecular weight is 420 g/mol. The maximum absolute atomic E-state index is 13.3. The molecule has 2 aromatic carbocycles. The van der Waals surface area contributed by atoms with Crippen molar-refractivity contribution in [2.45, 2.75) is 24.4 Å². The normalized spacial score (nSPS) is 12.9. The predicted molar refractivity (Wildman–Crippen MR) is 87.0 cm³/mol. The van der Waals surface area contributed by atoms with Gasteiger partial charge in [0.25, 0.3) is 0 Å². The summed E-state index contributed by atoms with van der Waals surface area (Å²) in [5.41, 5.74) is 0.417. The molecule has 0 saturated carbocycles. The smallest absolute Gasteiger partial charge is 0.294 e. The minimum atomic E-state index is -6.65. The zero-order valence-electron chi connectivity index (χ0n) is 14.3. The van der Waals surface area contributed by atoms with Gasteiger partial charge in [-0.15, -0.1) is 0 Å². The summed E-state index contributed by atoms with van der Waals surface area (Å²) in [5.74, 6) is -16.9. The van der Waals surface area contributed by atoms with Gasteiger partial charge < -0.3 is 0 Å². The molecule has 11 heteroatoms. The third-order valence-electron chi connectivity index (χ3n) is 3.65. The summed E-state index contributed by atoms with van der Waals surface area (Å²) in [6.07, 6.45) is -8.48. The van der Waals surface area contributed by atoms with E-state index >= 15 is 0 Å². The molecule has 0 bridgehead atoms. The molecule has 0 aromatic heterocycles. The lowest BCUT2D eigenvalue weighted by atomic mass is 9.99. The van der Waals surface area contributed by atoms with Crippen LogP contribution in [0, 0.1) is 0 Å². The van der Waals surface area contributed by atoms with Gasteiger partial charge in [-0.3, -0.25) is 9.59 Å². The number of halogens is 7. The van der Waals surface area contributed by atoms with E-state index in [4.69, 9.17) is 0 Å². The van der Waals surface area contributed by atoms with Crippen LogP contribution in [-0.4, -0.2) is 29.6 Å². The first-order chi connectivity index (χ1) is 13.4. The van der Waals surface area contributed by atoms with E-state index in [-0.39, 0.29) is 11.3 Å². The van der Waals surface area contributed by atoms with Crippen molar-refractivity contribution in [2.75, 3.05) is 0 Å². The molecule has 2 rings (SSSR count).